The lowest BCUT2D eigenvalue weighted by Gasteiger charge is -2.07. The molecule has 2 N–H and O–H groups in total. The van der Waals surface area contributed by atoms with E-state index in [1.165, 1.54) is 23.1 Å². The van der Waals surface area contributed by atoms with Crippen LogP contribution in [-0.4, -0.2) is 34.9 Å². The molecule has 2 amide bonds. The van der Waals surface area contributed by atoms with Crippen LogP contribution in [0.5, 0.6) is 5.75 Å². The minimum Gasteiger partial charge on any atom is -0.494 e. The number of fused-ring (bicyclic) bond motifs is 1. The van der Waals surface area contributed by atoms with Gasteiger partial charge in [0.15, 0.2) is 5.13 Å². The zero-order valence-corrected chi connectivity index (χ0v) is 17.3. The summed E-state index contributed by atoms with van der Waals surface area (Å²) in [6.45, 7) is 4.52. The summed E-state index contributed by atoms with van der Waals surface area (Å²) in [6.07, 6.45) is 0. The Hall–Kier alpha value is -2.58. The van der Waals surface area contributed by atoms with E-state index in [0.717, 1.165) is 21.5 Å². The number of aromatic nitrogens is 1. The van der Waals surface area contributed by atoms with Crippen LogP contribution in [0.4, 0.5) is 10.8 Å². The SMILES string of the molecule is CCOc1ccc(NC(=O)CSCC(=O)Nc2nc3cc(C)ccc3s2)cc1. The molecule has 146 valence electrons. The van der Waals surface area contributed by atoms with Crippen molar-refractivity contribution >= 4 is 55.9 Å². The average molecular weight is 416 g/mol. The number of nitrogens with zero attached hydrogens (tertiary/aromatic N) is 1. The third-order valence-corrected chi connectivity index (χ3v) is 5.59. The lowest BCUT2D eigenvalue weighted by molar-refractivity contribution is -0.114. The normalized spacial score (nSPS) is 10.6. The molecule has 0 fully saturated rings. The van der Waals surface area contributed by atoms with Gasteiger partial charge in [0.25, 0.3) is 0 Å². The third-order valence-electron chi connectivity index (χ3n) is 3.70. The molecule has 0 unspecified atom stereocenters. The average Bonchev–Trinajstić information content (AvgIpc) is 3.04. The van der Waals surface area contributed by atoms with Gasteiger partial charge in [-0.25, -0.2) is 4.98 Å². The summed E-state index contributed by atoms with van der Waals surface area (Å²) in [6, 6.07) is 13.2. The second-order valence-corrected chi connectivity index (χ2v) is 8.05. The van der Waals surface area contributed by atoms with E-state index in [1.54, 1.807) is 24.3 Å². The van der Waals surface area contributed by atoms with Crippen molar-refractivity contribution in [2.24, 2.45) is 0 Å². The molecule has 6 nitrogen and oxygen atoms in total. The lowest BCUT2D eigenvalue weighted by Crippen LogP contribution is -2.18. The highest BCUT2D eigenvalue weighted by Gasteiger charge is 2.10. The van der Waals surface area contributed by atoms with E-state index >= 15 is 0 Å². The molecular formula is C20H21N3O3S2. The quantitative estimate of drug-likeness (QED) is 0.573. The molecule has 3 rings (SSSR count). The smallest absolute Gasteiger partial charge is 0.236 e. The van der Waals surface area contributed by atoms with Crippen molar-refractivity contribution in [3.05, 3.63) is 48.0 Å². The van der Waals surface area contributed by atoms with Crippen molar-refractivity contribution in [1.29, 1.82) is 0 Å². The molecule has 0 saturated carbocycles. The molecular weight excluding hydrogens is 394 g/mol. The summed E-state index contributed by atoms with van der Waals surface area (Å²) in [4.78, 5) is 28.5. The van der Waals surface area contributed by atoms with Gasteiger partial charge in [-0.1, -0.05) is 17.4 Å². The summed E-state index contributed by atoms with van der Waals surface area (Å²) >= 11 is 2.70. The summed E-state index contributed by atoms with van der Waals surface area (Å²) < 4.78 is 6.40. The van der Waals surface area contributed by atoms with E-state index in [-0.39, 0.29) is 23.3 Å². The van der Waals surface area contributed by atoms with Crippen LogP contribution >= 0.6 is 23.1 Å². The highest BCUT2D eigenvalue weighted by atomic mass is 32.2. The molecule has 0 aliphatic rings. The topological polar surface area (TPSA) is 80.3 Å². The van der Waals surface area contributed by atoms with Crippen LogP contribution < -0.4 is 15.4 Å². The van der Waals surface area contributed by atoms with Crippen molar-refractivity contribution in [3.8, 4) is 5.75 Å². The molecule has 0 radical (unpaired) electrons. The number of carbonyl (C=O) groups excluding carboxylic acids is 2. The number of hydrogen-bond donors (Lipinski definition) is 2. The van der Waals surface area contributed by atoms with Crippen LogP contribution in [0, 0.1) is 6.92 Å². The predicted molar refractivity (Wildman–Crippen MR) is 117 cm³/mol. The summed E-state index contributed by atoms with van der Waals surface area (Å²) in [7, 11) is 0. The van der Waals surface area contributed by atoms with Crippen molar-refractivity contribution in [2.75, 3.05) is 28.7 Å². The number of benzene rings is 2. The molecule has 1 heterocycles. The standard InChI is InChI=1S/C20H21N3O3S2/c1-3-26-15-7-5-14(6-8-15)21-18(24)11-27-12-19(25)23-20-22-16-10-13(2)4-9-17(16)28-20/h4-10H,3,11-12H2,1-2H3,(H,21,24)(H,22,23,25). The van der Waals surface area contributed by atoms with E-state index in [0.29, 0.717) is 17.4 Å². The number of rotatable bonds is 8. The van der Waals surface area contributed by atoms with Gasteiger partial charge in [-0.2, -0.15) is 0 Å². The molecule has 0 atom stereocenters. The molecule has 0 spiro atoms. The van der Waals surface area contributed by atoms with Crippen molar-refractivity contribution in [1.82, 2.24) is 4.98 Å². The van der Waals surface area contributed by atoms with Gasteiger partial charge < -0.3 is 15.4 Å². The molecule has 0 saturated heterocycles. The van der Waals surface area contributed by atoms with E-state index in [1.807, 2.05) is 32.0 Å². The van der Waals surface area contributed by atoms with Crippen LogP contribution in [0.1, 0.15) is 12.5 Å². The van der Waals surface area contributed by atoms with Gasteiger partial charge in [0, 0.05) is 5.69 Å². The van der Waals surface area contributed by atoms with Gasteiger partial charge >= 0.3 is 0 Å². The number of anilines is 2. The number of nitrogens with one attached hydrogen (secondary N) is 2. The maximum Gasteiger partial charge on any atom is 0.236 e. The monoisotopic (exact) mass is 415 g/mol. The first-order chi connectivity index (χ1) is 13.5. The molecule has 3 aromatic rings. The van der Waals surface area contributed by atoms with Gasteiger partial charge in [0.2, 0.25) is 11.8 Å². The molecule has 2 aromatic carbocycles. The molecule has 28 heavy (non-hydrogen) atoms. The number of amides is 2. The number of thiazole rings is 1. The minimum atomic E-state index is -0.172. The first-order valence-corrected chi connectivity index (χ1v) is 10.8. The largest absolute Gasteiger partial charge is 0.494 e. The summed E-state index contributed by atoms with van der Waals surface area (Å²) in [5.74, 6) is 0.814. The van der Waals surface area contributed by atoms with Crippen LogP contribution in [0.2, 0.25) is 0 Å². The molecule has 8 heteroatoms. The second kappa shape index (κ2) is 9.57. The first kappa shape index (κ1) is 20.2. The fraction of sp³-hybridized carbons (Fsp3) is 0.250. The number of hydrogen-bond acceptors (Lipinski definition) is 6. The molecule has 0 aliphatic carbocycles. The van der Waals surface area contributed by atoms with Crippen LogP contribution in [0.25, 0.3) is 10.2 Å². The van der Waals surface area contributed by atoms with E-state index in [4.69, 9.17) is 4.74 Å². The lowest BCUT2D eigenvalue weighted by atomic mass is 10.2. The van der Waals surface area contributed by atoms with Crippen molar-refractivity contribution in [2.45, 2.75) is 13.8 Å². The third kappa shape index (κ3) is 5.71. The maximum absolute atomic E-state index is 12.1. The Morgan fingerprint density at radius 2 is 1.79 bits per heavy atom. The second-order valence-electron chi connectivity index (χ2n) is 6.04. The Kier molecular flexibility index (Phi) is 6.89. The number of ether oxygens (including phenoxy) is 1. The summed E-state index contributed by atoms with van der Waals surface area (Å²) in [5.41, 5.74) is 2.70. The fourth-order valence-corrected chi connectivity index (χ4v) is 3.96. The zero-order chi connectivity index (χ0) is 19.9. The Morgan fingerprint density at radius 1 is 1.07 bits per heavy atom. The Balaban J connectivity index is 1.42. The predicted octanol–water partition coefficient (Wildman–Crippen LogP) is 4.31. The number of carbonyl (C=O) groups is 2. The number of thioether (sulfide) groups is 1. The van der Waals surface area contributed by atoms with Gasteiger partial charge in [-0.3, -0.25) is 9.59 Å². The first-order valence-electron chi connectivity index (χ1n) is 8.81. The van der Waals surface area contributed by atoms with Gasteiger partial charge in [0.1, 0.15) is 5.75 Å². The Labute approximate surface area is 171 Å². The Bertz CT molecular complexity index is 970. The molecule has 0 bridgehead atoms. The highest BCUT2D eigenvalue weighted by Crippen LogP contribution is 2.26. The van der Waals surface area contributed by atoms with Gasteiger partial charge in [-0.05, 0) is 55.8 Å². The van der Waals surface area contributed by atoms with E-state index in [2.05, 4.69) is 15.6 Å². The summed E-state index contributed by atoms with van der Waals surface area (Å²) in [5, 5.41) is 6.17. The minimum absolute atomic E-state index is 0.155. The van der Waals surface area contributed by atoms with E-state index < -0.39 is 0 Å². The van der Waals surface area contributed by atoms with Crippen molar-refractivity contribution < 1.29 is 14.3 Å². The molecule has 1 aromatic heterocycles. The van der Waals surface area contributed by atoms with E-state index in [9.17, 15) is 9.59 Å². The number of aryl methyl sites for hydroxylation is 1. The fourth-order valence-electron chi connectivity index (χ4n) is 2.48. The van der Waals surface area contributed by atoms with Crippen LogP contribution in [0.3, 0.4) is 0 Å². The van der Waals surface area contributed by atoms with Crippen molar-refractivity contribution in [3.63, 3.8) is 0 Å². The van der Waals surface area contributed by atoms with Crippen LogP contribution in [0.15, 0.2) is 42.5 Å². The molecule has 0 aliphatic heterocycles. The maximum atomic E-state index is 12.1. The van der Waals surface area contributed by atoms with Crippen LogP contribution in [-0.2, 0) is 9.59 Å². The van der Waals surface area contributed by atoms with Gasteiger partial charge in [0.05, 0.1) is 28.3 Å². The highest BCUT2D eigenvalue weighted by molar-refractivity contribution is 8.00. The van der Waals surface area contributed by atoms with Gasteiger partial charge in [-0.15, -0.1) is 11.8 Å². The Morgan fingerprint density at radius 3 is 2.50 bits per heavy atom. The zero-order valence-electron chi connectivity index (χ0n) is 15.7.